The number of nitrogens with one attached hydrogen (secondary N) is 1. The summed E-state index contributed by atoms with van der Waals surface area (Å²) >= 11 is 3.54. The Morgan fingerprint density at radius 3 is 2.11 bits per heavy atom. The van der Waals surface area contributed by atoms with E-state index in [1.165, 1.54) is 38.5 Å². The summed E-state index contributed by atoms with van der Waals surface area (Å²) in [5.74, 6) is 0.0302. The molecule has 2 atom stereocenters. The second-order valence-corrected chi connectivity index (χ2v) is 8.52. The molecule has 0 saturated heterocycles. The fourth-order valence-electron chi connectivity index (χ4n) is 3.39. The molecule has 27 heavy (non-hydrogen) atoms. The van der Waals surface area contributed by atoms with Gasteiger partial charge in [0.15, 0.2) is 0 Å². The highest BCUT2D eigenvalue weighted by Crippen LogP contribution is 2.22. The van der Waals surface area contributed by atoms with Crippen LogP contribution in [0.5, 0.6) is 0 Å². The van der Waals surface area contributed by atoms with Gasteiger partial charge < -0.3 is 10.2 Å². The van der Waals surface area contributed by atoms with Crippen LogP contribution >= 0.6 is 15.9 Å². The second kappa shape index (κ2) is 12.6. The molecular weight excluding hydrogens is 404 g/mol. The minimum atomic E-state index is -0.314. The third-order valence-electron chi connectivity index (χ3n) is 5.06. The molecule has 0 radical (unpaired) electrons. The molecule has 1 N–H and O–H groups in total. The zero-order valence-corrected chi connectivity index (χ0v) is 19.7. The van der Waals surface area contributed by atoms with Crippen molar-refractivity contribution >= 4 is 21.8 Å². The molecule has 5 nitrogen and oxygen atoms in total. The molecule has 0 spiro atoms. The van der Waals surface area contributed by atoms with Crippen LogP contribution < -0.4 is 5.32 Å². The monoisotopic (exact) mass is 442 g/mol. The Labute approximate surface area is 174 Å². The van der Waals surface area contributed by atoms with Crippen LogP contribution in [0.2, 0.25) is 0 Å². The van der Waals surface area contributed by atoms with Crippen LogP contribution in [0.1, 0.15) is 83.6 Å². The van der Waals surface area contributed by atoms with Crippen molar-refractivity contribution in [3.05, 3.63) is 15.9 Å². The first-order valence-electron chi connectivity index (χ1n) is 10.6. The second-order valence-electron chi connectivity index (χ2n) is 7.73. The van der Waals surface area contributed by atoms with Gasteiger partial charge in [-0.15, -0.1) is 0 Å². The van der Waals surface area contributed by atoms with Gasteiger partial charge in [0, 0.05) is 12.6 Å². The molecule has 156 valence electrons. The minimum absolute atomic E-state index is 0.0302. The highest BCUT2D eigenvalue weighted by atomic mass is 79.9. The van der Waals surface area contributed by atoms with E-state index in [-0.39, 0.29) is 18.0 Å². The van der Waals surface area contributed by atoms with Crippen LogP contribution in [-0.2, 0) is 4.79 Å². The number of carbonyl (C=O) groups excluding carboxylic acids is 1. The van der Waals surface area contributed by atoms with Gasteiger partial charge in [-0.05, 0) is 69.6 Å². The first-order chi connectivity index (χ1) is 12.8. The van der Waals surface area contributed by atoms with E-state index in [9.17, 15) is 4.79 Å². The van der Waals surface area contributed by atoms with Crippen molar-refractivity contribution in [2.75, 3.05) is 19.6 Å². The van der Waals surface area contributed by atoms with Crippen molar-refractivity contribution in [2.24, 2.45) is 0 Å². The van der Waals surface area contributed by atoms with Crippen molar-refractivity contribution in [3.8, 4) is 0 Å². The highest BCUT2D eigenvalue weighted by Gasteiger charge is 2.22. The van der Waals surface area contributed by atoms with Gasteiger partial charge in [-0.3, -0.25) is 9.48 Å². The fraction of sp³-hybridized carbons (Fsp3) is 0.810. The highest BCUT2D eigenvalue weighted by molar-refractivity contribution is 9.10. The lowest BCUT2D eigenvalue weighted by atomic mass is 10.2. The first-order valence-corrected chi connectivity index (χ1v) is 11.3. The Hall–Kier alpha value is -0.880. The first kappa shape index (κ1) is 24.2. The number of hydrogen-bond donors (Lipinski definition) is 1. The lowest BCUT2D eigenvalue weighted by Crippen LogP contribution is -2.45. The van der Waals surface area contributed by atoms with E-state index in [0.717, 1.165) is 35.5 Å². The van der Waals surface area contributed by atoms with Crippen molar-refractivity contribution in [1.82, 2.24) is 20.0 Å². The zero-order chi connectivity index (χ0) is 20.4. The van der Waals surface area contributed by atoms with Crippen LogP contribution in [0.3, 0.4) is 0 Å². The zero-order valence-electron chi connectivity index (χ0n) is 18.1. The standard InChI is InChI=1S/C21H39BrN4O/c1-7-9-11-13-25(14-12-10-8-2)15-16(3)23-21(27)19(6)26-18(5)20(22)17(4)24-26/h16,19H,7-15H2,1-6H3,(H,23,27). The number of aromatic nitrogens is 2. The number of halogens is 1. The van der Waals surface area contributed by atoms with Crippen LogP contribution in [-0.4, -0.2) is 46.3 Å². The molecule has 0 saturated carbocycles. The van der Waals surface area contributed by atoms with E-state index in [1.54, 1.807) is 0 Å². The number of amides is 1. The van der Waals surface area contributed by atoms with Crippen molar-refractivity contribution < 1.29 is 4.79 Å². The van der Waals surface area contributed by atoms with Gasteiger partial charge >= 0.3 is 0 Å². The van der Waals surface area contributed by atoms with Gasteiger partial charge in [-0.25, -0.2) is 0 Å². The van der Waals surface area contributed by atoms with E-state index in [0.29, 0.717) is 0 Å². The van der Waals surface area contributed by atoms with Crippen LogP contribution in [0.4, 0.5) is 0 Å². The summed E-state index contributed by atoms with van der Waals surface area (Å²) in [5.41, 5.74) is 1.90. The summed E-state index contributed by atoms with van der Waals surface area (Å²) in [5, 5.41) is 7.69. The van der Waals surface area contributed by atoms with E-state index in [1.807, 2.05) is 25.5 Å². The van der Waals surface area contributed by atoms with E-state index < -0.39 is 0 Å². The smallest absolute Gasteiger partial charge is 0.244 e. The van der Waals surface area contributed by atoms with Crippen molar-refractivity contribution in [3.63, 3.8) is 0 Å². The molecule has 6 heteroatoms. The van der Waals surface area contributed by atoms with Gasteiger partial charge in [-0.1, -0.05) is 39.5 Å². The molecule has 1 aromatic heterocycles. The molecule has 0 bridgehead atoms. The molecular formula is C21H39BrN4O. The lowest BCUT2D eigenvalue weighted by Gasteiger charge is -2.27. The Balaban J connectivity index is 2.60. The van der Waals surface area contributed by atoms with Crippen LogP contribution in [0.25, 0.3) is 0 Å². The molecule has 0 aromatic carbocycles. The minimum Gasteiger partial charge on any atom is -0.351 e. The largest absolute Gasteiger partial charge is 0.351 e. The third kappa shape index (κ3) is 7.94. The molecule has 1 rings (SSSR count). The van der Waals surface area contributed by atoms with E-state index >= 15 is 0 Å². The van der Waals surface area contributed by atoms with Crippen molar-refractivity contribution in [2.45, 2.75) is 92.2 Å². The van der Waals surface area contributed by atoms with Crippen LogP contribution in [0.15, 0.2) is 4.47 Å². The average Bonchev–Trinajstić information content (AvgIpc) is 2.88. The Morgan fingerprint density at radius 1 is 1.11 bits per heavy atom. The number of unbranched alkanes of at least 4 members (excludes halogenated alkanes) is 4. The number of aryl methyl sites for hydroxylation is 1. The molecule has 0 aliphatic heterocycles. The average molecular weight is 443 g/mol. The van der Waals surface area contributed by atoms with E-state index in [4.69, 9.17) is 0 Å². The molecule has 1 amide bonds. The quantitative estimate of drug-likeness (QED) is 0.436. The lowest BCUT2D eigenvalue weighted by molar-refractivity contribution is -0.124. The maximum absolute atomic E-state index is 12.7. The molecule has 2 unspecified atom stereocenters. The molecule has 1 heterocycles. The van der Waals surface area contributed by atoms with Gasteiger partial charge in [0.25, 0.3) is 0 Å². The van der Waals surface area contributed by atoms with Gasteiger partial charge in [0.1, 0.15) is 6.04 Å². The topological polar surface area (TPSA) is 50.2 Å². The molecule has 0 aliphatic carbocycles. The van der Waals surface area contributed by atoms with Gasteiger partial charge in [0.05, 0.1) is 15.9 Å². The summed E-state index contributed by atoms with van der Waals surface area (Å²) in [6, 6.07) is -0.185. The summed E-state index contributed by atoms with van der Waals surface area (Å²) in [7, 11) is 0. The number of nitrogens with zero attached hydrogens (tertiary/aromatic N) is 3. The van der Waals surface area contributed by atoms with E-state index in [2.05, 4.69) is 52.0 Å². The number of rotatable bonds is 13. The SMILES string of the molecule is CCCCCN(CCCCC)CC(C)NC(=O)C(C)n1nc(C)c(Br)c1C. The summed E-state index contributed by atoms with van der Waals surface area (Å²) < 4.78 is 2.79. The Morgan fingerprint density at radius 2 is 1.67 bits per heavy atom. The van der Waals surface area contributed by atoms with Crippen molar-refractivity contribution in [1.29, 1.82) is 0 Å². The third-order valence-corrected chi connectivity index (χ3v) is 6.21. The summed E-state index contributed by atoms with van der Waals surface area (Å²) in [6.45, 7) is 15.6. The Kier molecular flexibility index (Phi) is 11.2. The maximum atomic E-state index is 12.7. The van der Waals surface area contributed by atoms with Gasteiger partial charge in [0.2, 0.25) is 5.91 Å². The Bertz CT molecular complexity index is 563. The predicted molar refractivity (Wildman–Crippen MR) is 117 cm³/mol. The molecule has 0 fully saturated rings. The molecule has 0 aliphatic rings. The number of hydrogen-bond acceptors (Lipinski definition) is 3. The normalized spacial score (nSPS) is 13.8. The van der Waals surface area contributed by atoms with Gasteiger partial charge in [-0.2, -0.15) is 5.10 Å². The summed E-state index contributed by atoms with van der Waals surface area (Å²) in [4.78, 5) is 15.2. The maximum Gasteiger partial charge on any atom is 0.244 e. The number of carbonyl (C=O) groups is 1. The predicted octanol–water partition coefficient (Wildman–Crippen LogP) is 5.01. The molecule has 1 aromatic rings. The summed E-state index contributed by atoms with van der Waals surface area (Å²) in [6.07, 6.45) is 7.50. The fourth-order valence-corrected chi connectivity index (χ4v) is 3.65. The van der Waals surface area contributed by atoms with Crippen LogP contribution in [0, 0.1) is 13.8 Å².